The first-order valence-electron chi connectivity index (χ1n) is 13.0. The van der Waals surface area contributed by atoms with Crippen molar-refractivity contribution in [2.45, 2.75) is 25.8 Å². The van der Waals surface area contributed by atoms with Gasteiger partial charge in [-0.15, -0.1) is 0 Å². The molecule has 5 nitrogen and oxygen atoms in total. The molecule has 3 aromatic rings. The molecule has 1 amide bonds. The molecule has 0 heterocycles. The van der Waals surface area contributed by atoms with Crippen molar-refractivity contribution in [3.63, 3.8) is 0 Å². The molecule has 0 bridgehead atoms. The van der Waals surface area contributed by atoms with E-state index in [0.717, 1.165) is 18.2 Å². The van der Waals surface area contributed by atoms with E-state index in [1.165, 1.54) is 36.4 Å². The number of halogens is 4. The fourth-order valence-corrected chi connectivity index (χ4v) is 4.49. The van der Waals surface area contributed by atoms with E-state index in [4.69, 9.17) is 4.74 Å². The van der Waals surface area contributed by atoms with Crippen LogP contribution in [-0.4, -0.2) is 49.9 Å². The fraction of sp³-hybridized carbons (Fsp3) is 0.250. The van der Waals surface area contributed by atoms with Gasteiger partial charge >= 0.3 is 0 Å². The lowest BCUT2D eigenvalue weighted by atomic mass is 9.83. The number of Topliss-reactive ketones (excluding diaryl/α,β-unsaturated/α-hetero) is 1. The average Bonchev–Trinajstić information content (AvgIpc) is 2.90. The van der Waals surface area contributed by atoms with Gasteiger partial charge in [-0.1, -0.05) is 12.1 Å². The van der Waals surface area contributed by atoms with Crippen LogP contribution in [0.1, 0.15) is 39.9 Å². The number of carbonyl (C=O) groups excluding carboxylic acids is 2. The largest absolute Gasteiger partial charge is 0.492 e. The maximum absolute atomic E-state index is 14.8. The molecular formula is C32H30F4N2O3. The van der Waals surface area contributed by atoms with Crippen molar-refractivity contribution in [1.29, 1.82) is 0 Å². The smallest absolute Gasteiger partial charge is 0.254 e. The van der Waals surface area contributed by atoms with Crippen LogP contribution in [-0.2, 0) is 4.79 Å². The van der Waals surface area contributed by atoms with Gasteiger partial charge in [0.25, 0.3) is 5.91 Å². The Morgan fingerprint density at radius 3 is 2.10 bits per heavy atom. The molecule has 9 heteroatoms. The Balaban J connectivity index is 1.60. The van der Waals surface area contributed by atoms with Gasteiger partial charge in [0.15, 0.2) is 17.4 Å². The zero-order valence-electron chi connectivity index (χ0n) is 22.9. The first-order chi connectivity index (χ1) is 19.5. The van der Waals surface area contributed by atoms with Crippen LogP contribution in [0, 0.1) is 30.2 Å². The number of rotatable bonds is 8. The zero-order valence-corrected chi connectivity index (χ0v) is 22.9. The Kier molecular flexibility index (Phi) is 9.39. The van der Waals surface area contributed by atoms with Crippen LogP contribution in [0.4, 0.5) is 17.6 Å². The third kappa shape index (κ3) is 7.70. The van der Waals surface area contributed by atoms with Crippen LogP contribution in [0.3, 0.4) is 0 Å². The molecule has 0 aromatic heterocycles. The number of hydrogen-bond donors (Lipinski definition) is 1. The normalized spacial score (nSPS) is 17.4. The number of likely N-dealkylation sites (N-methyl/N-ethyl adjacent to an activating group) is 1. The van der Waals surface area contributed by atoms with Crippen molar-refractivity contribution >= 4 is 23.8 Å². The lowest BCUT2D eigenvalue weighted by molar-refractivity contribution is -0.113. The number of ketones is 1. The summed E-state index contributed by atoms with van der Waals surface area (Å²) >= 11 is 0. The standard InChI is InChI=1S/C32H30F4N2O3/c1-19-12-20(4-8-27(19)33)13-22-16-24(17-23(31(22)39)14-21-5-9-28(34)30(36)15-21)37-32(40)26-7-6-25(18-29(26)35)41-11-10-38(2)3/h4-9,12-15,18,24H,10-11,16-17H2,1-3H3,(H,37,40)/b22-13+,23-14+. The summed E-state index contributed by atoms with van der Waals surface area (Å²) < 4.78 is 61.5. The predicted octanol–water partition coefficient (Wildman–Crippen LogP) is 6.12. The maximum Gasteiger partial charge on any atom is 0.254 e. The Bertz CT molecular complexity index is 1460. The number of nitrogens with zero attached hydrogens (tertiary/aromatic N) is 1. The zero-order chi connectivity index (χ0) is 29.7. The molecule has 0 aliphatic heterocycles. The van der Waals surface area contributed by atoms with Gasteiger partial charge < -0.3 is 15.0 Å². The molecule has 0 saturated heterocycles. The molecule has 0 spiro atoms. The first-order valence-corrected chi connectivity index (χ1v) is 13.0. The molecule has 4 rings (SSSR count). The molecule has 1 saturated carbocycles. The highest BCUT2D eigenvalue weighted by Crippen LogP contribution is 2.30. The molecule has 1 unspecified atom stereocenters. The number of carbonyl (C=O) groups is 2. The van der Waals surface area contributed by atoms with Crippen LogP contribution < -0.4 is 10.1 Å². The summed E-state index contributed by atoms with van der Waals surface area (Å²) in [4.78, 5) is 28.4. The number of benzene rings is 3. The highest BCUT2D eigenvalue weighted by atomic mass is 19.2. The minimum atomic E-state index is -1.06. The summed E-state index contributed by atoms with van der Waals surface area (Å²) in [6, 6.07) is 11.1. The summed E-state index contributed by atoms with van der Waals surface area (Å²) in [6.07, 6.45) is 3.25. The van der Waals surface area contributed by atoms with Crippen molar-refractivity contribution in [2.24, 2.45) is 0 Å². The van der Waals surface area contributed by atoms with E-state index in [1.54, 1.807) is 19.1 Å². The summed E-state index contributed by atoms with van der Waals surface area (Å²) in [5, 5.41) is 2.79. The van der Waals surface area contributed by atoms with E-state index in [1.807, 2.05) is 19.0 Å². The van der Waals surface area contributed by atoms with Gasteiger partial charge in [0.2, 0.25) is 0 Å². The Morgan fingerprint density at radius 1 is 0.878 bits per heavy atom. The Labute approximate surface area is 236 Å². The van der Waals surface area contributed by atoms with Crippen molar-refractivity contribution in [2.75, 3.05) is 27.2 Å². The van der Waals surface area contributed by atoms with E-state index >= 15 is 0 Å². The molecule has 41 heavy (non-hydrogen) atoms. The van der Waals surface area contributed by atoms with E-state index in [2.05, 4.69) is 5.32 Å². The van der Waals surface area contributed by atoms with Crippen molar-refractivity contribution < 1.29 is 31.9 Å². The molecule has 1 atom stereocenters. The van der Waals surface area contributed by atoms with Crippen molar-refractivity contribution in [1.82, 2.24) is 10.2 Å². The monoisotopic (exact) mass is 566 g/mol. The fourth-order valence-electron chi connectivity index (χ4n) is 4.49. The number of nitrogens with one attached hydrogen (secondary N) is 1. The minimum Gasteiger partial charge on any atom is -0.492 e. The lowest BCUT2D eigenvalue weighted by Crippen LogP contribution is -2.39. The van der Waals surface area contributed by atoms with Gasteiger partial charge in [0, 0.05) is 29.8 Å². The third-order valence-electron chi connectivity index (χ3n) is 6.65. The third-order valence-corrected chi connectivity index (χ3v) is 6.65. The summed E-state index contributed by atoms with van der Waals surface area (Å²) in [6.45, 7) is 2.59. The van der Waals surface area contributed by atoms with E-state index in [-0.39, 0.29) is 41.1 Å². The van der Waals surface area contributed by atoms with Crippen LogP contribution in [0.15, 0.2) is 65.7 Å². The van der Waals surface area contributed by atoms with Crippen LogP contribution >= 0.6 is 0 Å². The number of hydrogen-bond acceptors (Lipinski definition) is 4. The van der Waals surface area contributed by atoms with Gasteiger partial charge in [0.05, 0.1) is 5.56 Å². The minimum absolute atomic E-state index is 0.0801. The van der Waals surface area contributed by atoms with Crippen LogP contribution in [0.25, 0.3) is 12.2 Å². The van der Waals surface area contributed by atoms with Gasteiger partial charge in [0.1, 0.15) is 24.0 Å². The SMILES string of the molecule is Cc1cc(/C=C2\CC(NC(=O)c3ccc(OCCN(C)C)cc3F)C/C(=C\c3ccc(F)c(F)c3)C2=O)ccc1F. The molecule has 1 fully saturated rings. The van der Waals surface area contributed by atoms with Gasteiger partial charge in [-0.2, -0.15) is 0 Å². The summed E-state index contributed by atoms with van der Waals surface area (Å²) in [5.74, 6) is -3.95. The molecule has 3 aromatic carbocycles. The Hall–Kier alpha value is -4.24. The Morgan fingerprint density at radius 2 is 1.51 bits per heavy atom. The van der Waals surface area contributed by atoms with Crippen LogP contribution in [0.5, 0.6) is 5.75 Å². The van der Waals surface area contributed by atoms with Gasteiger partial charge in [-0.05, 0) is 99.1 Å². The highest BCUT2D eigenvalue weighted by molar-refractivity contribution is 6.14. The summed E-state index contributed by atoms with van der Waals surface area (Å²) in [7, 11) is 3.77. The van der Waals surface area contributed by atoms with Gasteiger partial charge in [-0.3, -0.25) is 9.59 Å². The second-order valence-corrected chi connectivity index (χ2v) is 10.2. The topological polar surface area (TPSA) is 58.6 Å². The molecule has 0 radical (unpaired) electrons. The van der Waals surface area contributed by atoms with Crippen LogP contribution in [0.2, 0.25) is 0 Å². The van der Waals surface area contributed by atoms with Gasteiger partial charge in [-0.25, -0.2) is 17.6 Å². The predicted molar refractivity (Wildman–Crippen MR) is 149 cm³/mol. The maximum atomic E-state index is 14.8. The number of amides is 1. The van der Waals surface area contributed by atoms with E-state index in [9.17, 15) is 27.2 Å². The highest BCUT2D eigenvalue weighted by Gasteiger charge is 2.30. The molecule has 1 aliphatic rings. The first kappa shape index (κ1) is 29.7. The summed E-state index contributed by atoms with van der Waals surface area (Å²) in [5.41, 5.74) is 1.64. The second kappa shape index (κ2) is 13.0. The lowest BCUT2D eigenvalue weighted by Gasteiger charge is -2.27. The number of ether oxygens (including phenoxy) is 1. The average molecular weight is 567 g/mol. The quantitative estimate of drug-likeness (QED) is 0.264. The second-order valence-electron chi connectivity index (χ2n) is 10.2. The molecule has 1 aliphatic carbocycles. The molecular weight excluding hydrogens is 536 g/mol. The van der Waals surface area contributed by atoms with E-state index in [0.29, 0.717) is 35.6 Å². The van der Waals surface area contributed by atoms with Crippen molar-refractivity contribution in [3.8, 4) is 5.75 Å². The molecule has 1 N–H and O–H groups in total. The van der Waals surface area contributed by atoms with Crippen molar-refractivity contribution in [3.05, 3.63) is 111 Å². The van der Waals surface area contributed by atoms with E-state index < -0.39 is 29.4 Å². The molecule has 214 valence electrons. The number of aryl methyl sites for hydroxylation is 1.